The third kappa shape index (κ3) is 3.93. The zero-order valence-electron chi connectivity index (χ0n) is 9.26. The van der Waals surface area contributed by atoms with Crippen LogP contribution in [-0.2, 0) is 4.74 Å². The molecule has 1 aromatic heterocycles. The van der Waals surface area contributed by atoms with E-state index in [1.54, 1.807) is 0 Å². The maximum Gasteiger partial charge on any atom is 0.405 e. The minimum atomic E-state index is -4.31. The Hall–Kier alpha value is -1.79. The van der Waals surface area contributed by atoms with Crippen molar-refractivity contribution in [3.8, 4) is 0 Å². The first-order valence-corrected chi connectivity index (χ1v) is 4.70. The Morgan fingerprint density at radius 1 is 1.47 bits per heavy atom. The van der Waals surface area contributed by atoms with Crippen molar-refractivity contribution in [1.82, 2.24) is 4.98 Å². The number of halogens is 3. The van der Waals surface area contributed by atoms with E-state index in [0.717, 1.165) is 0 Å². The topological polar surface area (TPSA) is 51.2 Å². The molecule has 0 amide bonds. The van der Waals surface area contributed by atoms with Crippen LogP contribution in [0.5, 0.6) is 0 Å². The smallest absolute Gasteiger partial charge is 0.405 e. The molecular weight excluding hydrogens is 237 g/mol. The largest absolute Gasteiger partial charge is 0.465 e. The molecule has 4 nitrogen and oxygen atoms in total. The van der Waals surface area contributed by atoms with Crippen LogP contribution in [-0.4, -0.2) is 30.8 Å². The van der Waals surface area contributed by atoms with Crippen molar-refractivity contribution in [1.29, 1.82) is 0 Å². The van der Waals surface area contributed by atoms with Gasteiger partial charge in [-0.2, -0.15) is 13.2 Å². The molecule has 0 unspecified atom stereocenters. The van der Waals surface area contributed by atoms with Crippen molar-refractivity contribution >= 4 is 11.8 Å². The van der Waals surface area contributed by atoms with Gasteiger partial charge in [0.2, 0.25) is 0 Å². The van der Waals surface area contributed by atoms with Crippen LogP contribution in [0, 0.1) is 6.92 Å². The average Bonchev–Trinajstić information content (AvgIpc) is 2.24. The number of ether oxygens (including phenoxy) is 1. The van der Waals surface area contributed by atoms with Crippen LogP contribution >= 0.6 is 0 Å². The number of nitrogens with one attached hydrogen (secondary N) is 1. The number of alkyl halides is 3. The zero-order chi connectivity index (χ0) is 13.1. The van der Waals surface area contributed by atoms with Crippen molar-refractivity contribution in [3.05, 3.63) is 23.4 Å². The lowest BCUT2D eigenvalue weighted by Gasteiger charge is -2.10. The fourth-order valence-corrected chi connectivity index (χ4v) is 1.18. The molecule has 0 saturated heterocycles. The number of aryl methyl sites for hydroxylation is 1. The molecule has 0 bridgehead atoms. The number of aromatic nitrogens is 1. The molecule has 0 aliphatic rings. The molecule has 0 radical (unpaired) electrons. The van der Waals surface area contributed by atoms with Gasteiger partial charge in [-0.05, 0) is 19.1 Å². The summed E-state index contributed by atoms with van der Waals surface area (Å²) in [6, 6.07) is 2.66. The summed E-state index contributed by atoms with van der Waals surface area (Å²) in [6.07, 6.45) is -4.31. The predicted molar refractivity (Wildman–Crippen MR) is 54.9 cm³/mol. The Balaban J connectivity index is 2.79. The summed E-state index contributed by atoms with van der Waals surface area (Å²) in [5.74, 6) is -0.509. The number of methoxy groups -OCH3 is 1. The van der Waals surface area contributed by atoms with Gasteiger partial charge >= 0.3 is 12.1 Å². The summed E-state index contributed by atoms with van der Waals surface area (Å²) in [6.45, 7) is 0.349. The quantitative estimate of drug-likeness (QED) is 0.833. The van der Waals surface area contributed by atoms with Gasteiger partial charge in [0.15, 0.2) is 0 Å². The number of hydrogen-bond acceptors (Lipinski definition) is 4. The van der Waals surface area contributed by atoms with Gasteiger partial charge in [-0.3, -0.25) is 0 Å². The zero-order valence-corrected chi connectivity index (χ0v) is 9.26. The number of esters is 1. The normalized spacial score (nSPS) is 11.1. The number of pyridine rings is 1. The van der Waals surface area contributed by atoms with E-state index in [-0.39, 0.29) is 11.4 Å². The second-order valence-corrected chi connectivity index (χ2v) is 3.29. The van der Waals surface area contributed by atoms with E-state index in [1.165, 1.54) is 26.2 Å². The van der Waals surface area contributed by atoms with E-state index < -0.39 is 18.7 Å². The van der Waals surface area contributed by atoms with Crippen LogP contribution in [0.3, 0.4) is 0 Å². The Kier molecular flexibility index (Phi) is 3.93. The van der Waals surface area contributed by atoms with E-state index in [4.69, 9.17) is 0 Å². The highest BCUT2D eigenvalue weighted by Crippen LogP contribution is 2.16. The van der Waals surface area contributed by atoms with Crippen LogP contribution in [0.4, 0.5) is 19.0 Å². The molecule has 1 N–H and O–H groups in total. The minimum Gasteiger partial charge on any atom is -0.465 e. The summed E-state index contributed by atoms with van der Waals surface area (Å²) < 4.78 is 40.3. The Labute approximate surface area is 95.8 Å². The second-order valence-electron chi connectivity index (χ2n) is 3.29. The van der Waals surface area contributed by atoms with Crippen molar-refractivity contribution in [2.45, 2.75) is 13.1 Å². The maximum absolute atomic E-state index is 11.9. The summed E-state index contributed by atoms with van der Waals surface area (Å²) in [4.78, 5) is 15.0. The van der Waals surface area contributed by atoms with E-state index >= 15 is 0 Å². The van der Waals surface area contributed by atoms with Crippen LogP contribution in [0.25, 0.3) is 0 Å². The van der Waals surface area contributed by atoms with Crippen LogP contribution in [0.2, 0.25) is 0 Å². The van der Waals surface area contributed by atoms with Gasteiger partial charge < -0.3 is 10.1 Å². The molecule has 1 rings (SSSR count). The van der Waals surface area contributed by atoms with E-state index in [0.29, 0.717) is 5.69 Å². The minimum absolute atomic E-state index is 0.0625. The molecule has 0 spiro atoms. The standard InChI is InChI=1S/C10H11F3N2O2/c1-6-7(9(16)17-2)3-4-8(15-6)14-5-10(11,12)13/h3-4H,5H2,1-2H3,(H,14,15). The van der Waals surface area contributed by atoms with E-state index in [1.807, 2.05) is 0 Å². The van der Waals surface area contributed by atoms with Gasteiger partial charge in [-0.15, -0.1) is 0 Å². The Morgan fingerprint density at radius 3 is 2.59 bits per heavy atom. The van der Waals surface area contributed by atoms with Gasteiger partial charge in [0, 0.05) is 0 Å². The summed E-state index contributed by atoms with van der Waals surface area (Å²) in [5, 5.41) is 2.12. The van der Waals surface area contributed by atoms with Crippen molar-refractivity contribution < 1.29 is 22.7 Å². The van der Waals surface area contributed by atoms with E-state index in [9.17, 15) is 18.0 Å². The number of nitrogens with zero attached hydrogens (tertiary/aromatic N) is 1. The highest BCUT2D eigenvalue weighted by atomic mass is 19.4. The molecule has 1 aromatic rings. The molecule has 7 heteroatoms. The first kappa shape index (κ1) is 13.3. The molecule has 0 aliphatic carbocycles. The highest BCUT2D eigenvalue weighted by Gasteiger charge is 2.26. The number of carbonyl (C=O) groups is 1. The lowest BCUT2D eigenvalue weighted by Crippen LogP contribution is -2.22. The SMILES string of the molecule is COC(=O)c1ccc(NCC(F)(F)F)nc1C. The van der Waals surface area contributed by atoms with Crippen LogP contribution in [0.1, 0.15) is 16.1 Å². The van der Waals surface area contributed by atoms with E-state index in [2.05, 4.69) is 15.0 Å². The summed E-state index contributed by atoms with van der Waals surface area (Å²) in [5.41, 5.74) is 0.536. The van der Waals surface area contributed by atoms with Crippen molar-refractivity contribution in [2.75, 3.05) is 19.0 Å². The van der Waals surface area contributed by atoms with Crippen molar-refractivity contribution in [2.24, 2.45) is 0 Å². The van der Waals surface area contributed by atoms with Gasteiger partial charge in [0.05, 0.1) is 18.4 Å². The third-order valence-corrected chi connectivity index (χ3v) is 1.96. The van der Waals surface area contributed by atoms with Crippen molar-refractivity contribution in [3.63, 3.8) is 0 Å². The third-order valence-electron chi connectivity index (χ3n) is 1.96. The van der Waals surface area contributed by atoms with Gasteiger partial charge in [-0.25, -0.2) is 9.78 Å². The second kappa shape index (κ2) is 5.03. The molecule has 94 valence electrons. The number of hydrogen-bond donors (Lipinski definition) is 1. The molecule has 17 heavy (non-hydrogen) atoms. The molecule has 0 aliphatic heterocycles. The lowest BCUT2D eigenvalue weighted by molar-refractivity contribution is -0.115. The summed E-state index contributed by atoms with van der Waals surface area (Å²) in [7, 11) is 1.22. The van der Waals surface area contributed by atoms with Crippen LogP contribution < -0.4 is 5.32 Å². The first-order chi connectivity index (χ1) is 7.83. The Morgan fingerprint density at radius 2 is 2.12 bits per heavy atom. The molecular formula is C10H11F3N2O2. The van der Waals surface area contributed by atoms with Gasteiger partial charge in [0.1, 0.15) is 12.4 Å². The number of rotatable bonds is 3. The fourth-order valence-electron chi connectivity index (χ4n) is 1.18. The molecule has 0 atom stereocenters. The monoisotopic (exact) mass is 248 g/mol. The van der Waals surface area contributed by atoms with Crippen LogP contribution in [0.15, 0.2) is 12.1 Å². The number of anilines is 1. The Bertz CT molecular complexity index is 419. The number of carbonyl (C=O) groups excluding carboxylic acids is 1. The molecule has 0 fully saturated rings. The molecule has 0 aromatic carbocycles. The van der Waals surface area contributed by atoms with Gasteiger partial charge in [0.25, 0.3) is 0 Å². The predicted octanol–water partition coefficient (Wildman–Crippen LogP) is 2.15. The lowest BCUT2D eigenvalue weighted by atomic mass is 10.2. The maximum atomic E-state index is 11.9. The average molecular weight is 248 g/mol. The van der Waals surface area contributed by atoms with Gasteiger partial charge in [-0.1, -0.05) is 0 Å². The first-order valence-electron chi connectivity index (χ1n) is 4.70. The summed E-state index contributed by atoms with van der Waals surface area (Å²) >= 11 is 0. The highest BCUT2D eigenvalue weighted by molar-refractivity contribution is 5.90. The molecule has 1 heterocycles. The fraction of sp³-hybridized carbons (Fsp3) is 0.400. The molecule has 0 saturated carbocycles.